The first-order valence-electron chi connectivity index (χ1n) is 15.2. The molecule has 198 valence electrons. The van der Waals surface area contributed by atoms with Crippen LogP contribution in [0.2, 0.25) is 0 Å². The fourth-order valence-electron chi connectivity index (χ4n) is 5.02. The molecule has 0 radical (unpaired) electrons. The first kappa shape index (κ1) is 30.9. The Morgan fingerprint density at radius 2 is 1.12 bits per heavy atom. The van der Waals surface area contributed by atoms with Gasteiger partial charge in [0.2, 0.25) is 0 Å². The van der Waals surface area contributed by atoms with Gasteiger partial charge in [0.25, 0.3) is 0 Å². The van der Waals surface area contributed by atoms with E-state index < -0.39 is 0 Å². The van der Waals surface area contributed by atoms with E-state index in [1.54, 1.807) is 0 Å². The second kappa shape index (κ2) is 24.9. The quantitative estimate of drug-likeness (QED) is 0.255. The Bertz CT molecular complexity index is 377. The van der Waals surface area contributed by atoms with Gasteiger partial charge in [0.15, 0.2) is 0 Å². The van der Waals surface area contributed by atoms with Crippen molar-refractivity contribution in [2.24, 2.45) is 0 Å². The van der Waals surface area contributed by atoms with Crippen LogP contribution >= 0.6 is 0 Å². The highest BCUT2D eigenvalue weighted by atomic mass is 15.1. The van der Waals surface area contributed by atoms with Gasteiger partial charge in [0.1, 0.15) is 0 Å². The number of hydrogen-bond acceptors (Lipinski definition) is 4. The van der Waals surface area contributed by atoms with E-state index in [1.807, 2.05) is 0 Å². The van der Waals surface area contributed by atoms with Crippen molar-refractivity contribution in [3.8, 4) is 0 Å². The van der Waals surface area contributed by atoms with Gasteiger partial charge in [-0.3, -0.25) is 0 Å². The highest BCUT2D eigenvalue weighted by molar-refractivity contribution is 4.70. The number of rotatable bonds is 14. The van der Waals surface area contributed by atoms with Gasteiger partial charge in [-0.1, -0.05) is 90.4 Å². The van der Waals surface area contributed by atoms with E-state index in [2.05, 4.69) is 34.8 Å². The number of nitrogens with zero attached hydrogens (tertiary/aromatic N) is 1. The normalized spacial score (nSPS) is 21.1. The molecule has 1 atom stereocenters. The zero-order valence-corrected chi connectivity index (χ0v) is 22.9. The molecule has 1 aliphatic heterocycles. The largest absolute Gasteiger partial charge is 0.317 e. The van der Waals surface area contributed by atoms with Crippen LogP contribution < -0.4 is 16.0 Å². The smallest absolute Gasteiger partial charge is 0.00791 e. The molecule has 1 aliphatic rings. The van der Waals surface area contributed by atoms with Crippen LogP contribution in [0.1, 0.15) is 129 Å². The van der Waals surface area contributed by atoms with Gasteiger partial charge >= 0.3 is 0 Å². The molecule has 0 aromatic rings. The van der Waals surface area contributed by atoms with Crippen LogP contribution in [0.5, 0.6) is 0 Å². The van der Waals surface area contributed by atoms with Gasteiger partial charge in [-0.25, -0.2) is 0 Å². The minimum Gasteiger partial charge on any atom is -0.317 e. The highest BCUT2D eigenvalue weighted by Crippen LogP contribution is 2.14. The summed E-state index contributed by atoms with van der Waals surface area (Å²) in [7, 11) is 2.27. The first-order valence-corrected chi connectivity index (χ1v) is 15.2. The van der Waals surface area contributed by atoms with Crippen molar-refractivity contribution in [1.82, 2.24) is 20.9 Å². The van der Waals surface area contributed by atoms with Crippen LogP contribution in [-0.2, 0) is 0 Å². The second-order valence-corrected chi connectivity index (χ2v) is 10.7. The van der Waals surface area contributed by atoms with Crippen molar-refractivity contribution in [3.63, 3.8) is 0 Å². The predicted molar refractivity (Wildman–Crippen MR) is 148 cm³/mol. The third-order valence-corrected chi connectivity index (χ3v) is 7.33. The van der Waals surface area contributed by atoms with Crippen LogP contribution in [0.3, 0.4) is 0 Å². The van der Waals surface area contributed by atoms with Crippen LogP contribution in [0.25, 0.3) is 0 Å². The molecule has 33 heavy (non-hydrogen) atoms. The first-order chi connectivity index (χ1) is 16.3. The molecule has 0 aromatic heterocycles. The molecule has 1 unspecified atom stereocenters. The molecule has 4 nitrogen and oxygen atoms in total. The Labute approximate surface area is 208 Å². The Morgan fingerprint density at radius 1 is 0.576 bits per heavy atom. The third kappa shape index (κ3) is 22.1. The molecule has 0 spiro atoms. The summed E-state index contributed by atoms with van der Waals surface area (Å²) in [6.07, 6.45) is 26.6. The van der Waals surface area contributed by atoms with Crippen molar-refractivity contribution in [2.75, 3.05) is 52.9 Å². The molecule has 1 rings (SSSR count). The fraction of sp³-hybridized carbons (Fsp3) is 1.00. The van der Waals surface area contributed by atoms with Crippen LogP contribution in [-0.4, -0.2) is 63.8 Å². The minimum absolute atomic E-state index is 0.698. The summed E-state index contributed by atoms with van der Waals surface area (Å²) in [6.45, 7) is 10.6. The number of nitrogens with one attached hydrogen (secondary N) is 3. The van der Waals surface area contributed by atoms with Crippen LogP contribution in [0.4, 0.5) is 0 Å². The topological polar surface area (TPSA) is 39.3 Å². The van der Waals surface area contributed by atoms with Gasteiger partial charge in [0, 0.05) is 6.04 Å². The molecule has 0 bridgehead atoms. The van der Waals surface area contributed by atoms with Crippen molar-refractivity contribution in [1.29, 1.82) is 0 Å². The van der Waals surface area contributed by atoms with Gasteiger partial charge < -0.3 is 20.9 Å². The maximum atomic E-state index is 3.88. The summed E-state index contributed by atoms with van der Waals surface area (Å²) in [6, 6.07) is 0.698. The molecule has 0 saturated carbocycles. The monoisotopic (exact) mass is 466 g/mol. The Morgan fingerprint density at radius 3 is 1.82 bits per heavy atom. The van der Waals surface area contributed by atoms with E-state index in [9.17, 15) is 0 Å². The molecule has 1 fully saturated rings. The molecule has 1 saturated heterocycles. The molecule has 0 aromatic carbocycles. The van der Waals surface area contributed by atoms with Gasteiger partial charge in [0.05, 0.1) is 0 Å². The maximum absolute atomic E-state index is 3.88. The fourth-order valence-corrected chi connectivity index (χ4v) is 5.02. The van der Waals surface area contributed by atoms with E-state index >= 15 is 0 Å². The molecule has 0 amide bonds. The summed E-state index contributed by atoms with van der Waals surface area (Å²) in [5.41, 5.74) is 0. The standard InChI is InChI=1S/C29H62N4/c1-3-4-5-6-7-8-9-10-11-12-13-14-15-20-29-21-26-31-24-19-28-33(2)27-17-16-22-30-23-18-25-32-29/h29-32H,3-28H2,1-2H3. The van der Waals surface area contributed by atoms with Gasteiger partial charge in [-0.15, -0.1) is 0 Å². The molecule has 0 aliphatic carbocycles. The summed E-state index contributed by atoms with van der Waals surface area (Å²) in [5, 5.41) is 11.2. The molecular weight excluding hydrogens is 404 g/mol. The van der Waals surface area contributed by atoms with Crippen molar-refractivity contribution >= 4 is 0 Å². The molecule has 4 heteroatoms. The van der Waals surface area contributed by atoms with E-state index in [1.165, 1.54) is 148 Å². The minimum atomic E-state index is 0.698. The predicted octanol–water partition coefficient (Wildman–Crippen LogP) is 6.50. The molecule has 3 N–H and O–H groups in total. The molecular formula is C29H62N4. The van der Waals surface area contributed by atoms with Gasteiger partial charge in [-0.2, -0.15) is 0 Å². The van der Waals surface area contributed by atoms with E-state index in [0.717, 1.165) is 19.6 Å². The summed E-state index contributed by atoms with van der Waals surface area (Å²) in [4.78, 5) is 2.50. The van der Waals surface area contributed by atoms with Crippen molar-refractivity contribution in [2.45, 2.75) is 135 Å². The average Bonchev–Trinajstić information content (AvgIpc) is 2.82. The maximum Gasteiger partial charge on any atom is 0.00791 e. The van der Waals surface area contributed by atoms with Crippen LogP contribution in [0, 0.1) is 0 Å². The number of unbranched alkanes of at least 4 members (excludes halogenated alkanes) is 12. The molecule has 1 heterocycles. The zero-order chi connectivity index (χ0) is 23.7. The lowest BCUT2D eigenvalue weighted by molar-refractivity contribution is 0.318. The SMILES string of the molecule is CCCCCCCCCCCCCCCC1CCNCCCN(C)CCCCNCCCN1. The highest BCUT2D eigenvalue weighted by Gasteiger charge is 2.08. The van der Waals surface area contributed by atoms with Crippen molar-refractivity contribution in [3.05, 3.63) is 0 Å². The lowest BCUT2D eigenvalue weighted by atomic mass is 10.0. The summed E-state index contributed by atoms with van der Waals surface area (Å²) in [5.74, 6) is 0. The van der Waals surface area contributed by atoms with Gasteiger partial charge in [-0.05, 0) is 91.4 Å². The van der Waals surface area contributed by atoms with E-state index in [4.69, 9.17) is 0 Å². The van der Waals surface area contributed by atoms with E-state index in [0.29, 0.717) is 6.04 Å². The second-order valence-electron chi connectivity index (χ2n) is 10.7. The Hall–Kier alpha value is -0.160. The van der Waals surface area contributed by atoms with E-state index in [-0.39, 0.29) is 0 Å². The number of hydrogen-bond donors (Lipinski definition) is 3. The average molecular weight is 467 g/mol. The Balaban J connectivity index is 2.06. The lowest BCUT2D eigenvalue weighted by Gasteiger charge is -2.19. The zero-order valence-electron chi connectivity index (χ0n) is 22.9. The van der Waals surface area contributed by atoms with Crippen molar-refractivity contribution < 1.29 is 0 Å². The third-order valence-electron chi connectivity index (χ3n) is 7.33. The van der Waals surface area contributed by atoms with Crippen LogP contribution in [0.15, 0.2) is 0 Å². The summed E-state index contributed by atoms with van der Waals surface area (Å²) < 4.78 is 0. The Kier molecular flexibility index (Phi) is 23.3. The lowest BCUT2D eigenvalue weighted by Crippen LogP contribution is -2.34. The summed E-state index contributed by atoms with van der Waals surface area (Å²) >= 11 is 0.